The van der Waals surface area contributed by atoms with Gasteiger partial charge in [-0.1, -0.05) is 0 Å². The second-order valence-corrected chi connectivity index (χ2v) is 3.85. The minimum absolute atomic E-state index is 0.564. The molecule has 0 unspecified atom stereocenters. The van der Waals surface area contributed by atoms with Gasteiger partial charge in [-0.15, -0.1) is 0 Å². The van der Waals surface area contributed by atoms with Gasteiger partial charge in [0.2, 0.25) is 0 Å². The third-order valence-electron chi connectivity index (χ3n) is 1.78. The fourth-order valence-corrected chi connectivity index (χ4v) is 0.840. The second-order valence-electron chi connectivity index (χ2n) is 3.85. The Balaban J connectivity index is 6.15. The second kappa shape index (κ2) is 5.27. The summed E-state index contributed by atoms with van der Waals surface area (Å²) in [6, 6.07) is -1.07. The molecule has 0 saturated carbocycles. The predicted molar refractivity (Wildman–Crippen MR) is 48.1 cm³/mol. The third kappa shape index (κ3) is 3.65. The highest BCUT2D eigenvalue weighted by Crippen LogP contribution is 2.52. The number of alkyl halides is 10. The van der Waals surface area contributed by atoms with Gasteiger partial charge in [-0.25, -0.2) is 4.99 Å². The molecular formula is C9H7F10N. The Hall–Kier alpha value is -1.25. The van der Waals surface area contributed by atoms with Crippen LogP contribution in [0.25, 0.3) is 0 Å². The van der Waals surface area contributed by atoms with Crippen molar-refractivity contribution in [1.82, 2.24) is 0 Å². The summed E-state index contributed by atoms with van der Waals surface area (Å²) >= 11 is 0. The van der Waals surface area contributed by atoms with Gasteiger partial charge in [0.25, 0.3) is 0 Å². The SMILES string of the molecule is CC(C)N=C=C(C(F)(F)F)C(F)(F)C(F)(F)C(F)(F)F. The average Bonchev–Trinajstić information content (AvgIpc) is 2.12. The van der Waals surface area contributed by atoms with Crippen LogP contribution < -0.4 is 0 Å². The molecule has 0 spiro atoms. The Morgan fingerprint density at radius 1 is 0.850 bits per heavy atom. The third-order valence-corrected chi connectivity index (χ3v) is 1.78. The number of allylic oxidation sites excluding steroid dienone is 1. The Bertz CT molecular complexity index is 407. The zero-order valence-electron chi connectivity index (χ0n) is 9.80. The zero-order chi connectivity index (χ0) is 16.6. The number of hydrogen-bond acceptors (Lipinski definition) is 1. The Kier molecular flexibility index (Phi) is 4.94. The predicted octanol–water partition coefficient (Wildman–Crippen LogP) is 4.39. The van der Waals surface area contributed by atoms with E-state index in [9.17, 15) is 43.9 Å². The van der Waals surface area contributed by atoms with Gasteiger partial charge in [0, 0.05) is 0 Å². The molecule has 118 valence electrons. The first kappa shape index (κ1) is 18.8. The molecule has 0 aliphatic carbocycles. The molecule has 0 aliphatic rings. The van der Waals surface area contributed by atoms with Crippen molar-refractivity contribution in [3.63, 3.8) is 0 Å². The first-order chi connectivity index (χ1) is 8.55. The molecule has 0 aromatic carbocycles. The van der Waals surface area contributed by atoms with Crippen molar-refractivity contribution in [2.24, 2.45) is 4.99 Å². The van der Waals surface area contributed by atoms with Crippen LogP contribution >= 0.6 is 0 Å². The number of aliphatic imine (C=N–C) groups is 1. The van der Waals surface area contributed by atoms with Crippen LogP contribution in [0.15, 0.2) is 10.6 Å². The zero-order valence-corrected chi connectivity index (χ0v) is 9.80. The molecule has 0 bridgehead atoms. The lowest BCUT2D eigenvalue weighted by atomic mass is 10.0. The van der Waals surface area contributed by atoms with Gasteiger partial charge in [0.1, 0.15) is 0 Å². The quantitative estimate of drug-likeness (QED) is 0.540. The fraction of sp³-hybridized carbons (Fsp3) is 0.778. The topological polar surface area (TPSA) is 12.4 Å². The molecule has 1 nitrogen and oxygen atoms in total. The standard InChI is InChI=1S/C9H7F10N/c1-4(2)20-3-5(7(12,13)14)6(10,11)8(15,16)9(17,18)19/h4H,1-2H3. The highest BCUT2D eigenvalue weighted by Gasteiger charge is 2.77. The van der Waals surface area contributed by atoms with Crippen molar-refractivity contribution in [1.29, 1.82) is 0 Å². The van der Waals surface area contributed by atoms with Gasteiger partial charge in [0.15, 0.2) is 5.57 Å². The van der Waals surface area contributed by atoms with Gasteiger partial charge in [-0.3, -0.25) is 0 Å². The number of nitrogens with zero attached hydrogens (tertiary/aromatic N) is 1. The van der Waals surface area contributed by atoms with Crippen molar-refractivity contribution >= 4 is 5.87 Å². The van der Waals surface area contributed by atoms with E-state index in [-0.39, 0.29) is 0 Å². The molecule has 20 heavy (non-hydrogen) atoms. The molecule has 0 amide bonds. The molecule has 0 N–H and O–H groups in total. The maximum absolute atomic E-state index is 13.0. The van der Waals surface area contributed by atoms with Crippen LogP contribution in [0.4, 0.5) is 43.9 Å². The summed E-state index contributed by atoms with van der Waals surface area (Å²) in [6.07, 6.45) is -13.0. The molecule has 0 heterocycles. The van der Waals surface area contributed by atoms with E-state index >= 15 is 0 Å². The van der Waals surface area contributed by atoms with E-state index < -0.39 is 35.8 Å². The Morgan fingerprint density at radius 2 is 1.25 bits per heavy atom. The van der Waals surface area contributed by atoms with Crippen molar-refractivity contribution < 1.29 is 43.9 Å². The summed E-state index contributed by atoms with van der Waals surface area (Å²) in [5.74, 6) is -12.9. The van der Waals surface area contributed by atoms with E-state index in [1.54, 1.807) is 0 Å². The molecule has 0 fully saturated rings. The van der Waals surface area contributed by atoms with Gasteiger partial charge in [0.05, 0.1) is 6.04 Å². The molecule has 0 aromatic rings. The lowest BCUT2D eigenvalue weighted by Crippen LogP contribution is -2.55. The van der Waals surface area contributed by atoms with Crippen LogP contribution in [0, 0.1) is 0 Å². The van der Waals surface area contributed by atoms with E-state index in [2.05, 4.69) is 4.99 Å². The van der Waals surface area contributed by atoms with Gasteiger partial charge in [-0.2, -0.15) is 43.9 Å². The largest absolute Gasteiger partial charge is 0.460 e. The van der Waals surface area contributed by atoms with Crippen LogP contribution in [0.2, 0.25) is 0 Å². The minimum Gasteiger partial charge on any atom is -0.240 e. The lowest BCUT2D eigenvalue weighted by molar-refractivity contribution is -0.350. The summed E-state index contributed by atoms with van der Waals surface area (Å²) < 4.78 is 123. The van der Waals surface area contributed by atoms with E-state index in [1.807, 2.05) is 0 Å². The number of rotatable bonds is 3. The molecule has 0 atom stereocenters. The fourth-order valence-electron chi connectivity index (χ4n) is 0.840. The average molecular weight is 319 g/mol. The first-order valence-corrected chi connectivity index (χ1v) is 4.78. The van der Waals surface area contributed by atoms with Crippen LogP contribution in [-0.4, -0.2) is 36.1 Å². The van der Waals surface area contributed by atoms with Crippen LogP contribution in [0.5, 0.6) is 0 Å². The maximum atomic E-state index is 13.0. The van der Waals surface area contributed by atoms with Crippen molar-refractivity contribution in [3.8, 4) is 0 Å². The molecule has 11 heteroatoms. The monoisotopic (exact) mass is 319 g/mol. The highest BCUT2D eigenvalue weighted by atomic mass is 19.4. The normalized spacial score (nSPS) is 14.2. The first-order valence-electron chi connectivity index (χ1n) is 4.78. The molecular weight excluding hydrogens is 312 g/mol. The smallest absolute Gasteiger partial charge is 0.240 e. The lowest BCUT2D eigenvalue weighted by Gasteiger charge is -2.29. The van der Waals surface area contributed by atoms with Gasteiger partial charge >= 0.3 is 24.2 Å². The molecule has 0 radical (unpaired) electrons. The minimum atomic E-state index is -6.91. The summed E-state index contributed by atoms with van der Waals surface area (Å²) in [5.41, 5.74) is -3.49. The number of halogens is 10. The Morgan fingerprint density at radius 3 is 1.50 bits per heavy atom. The van der Waals surface area contributed by atoms with Crippen LogP contribution in [0.1, 0.15) is 13.8 Å². The van der Waals surface area contributed by atoms with Crippen molar-refractivity contribution in [2.45, 2.75) is 44.1 Å². The number of hydrogen-bond donors (Lipinski definition) is 0. The Labute approximate surface area is 106 Å². The summed E-state index contributed by atoms with van der Waals surface area (Å²) in [5, 5.41) is 0. The maximum Gasteiger partial charge on any atom is 0.460 e. The van der Waals surface area contributed by atoms with Gasteiger partial charge in [-0.05, 0) is 19.7 Å². The summed E-state index contributed by atoms with van der Waals surface area (Å²) in [7, 11) is 0. The molecule has 0 aliphatic heterocycles. The molecule has 0 saturated heterocycles. The van der Waals surface area contributed by atoms with E-state index in [1.165, 1.54) is 0 Å². The van der Waals surface area contributed by atoms with E-state index in [4.69, 9.17) is 0 Å². The van der Waals surface area contributed by atoms with E-state index in [0.29, 0.717) is 5.87 Å². The van der Waals surface area contributed by atoms with Crippen LogP contribution in [0.3, 0.4) is 0 Å². The molecule has 0 aromatic heterocycles. The summed E-state index contributed by atoms with van der Waals surface area (Å²) in [6.45, 7) is 2.17. The summed E-state index contributed by atoms with van der Waals surface area (Å²) in [4.78, 5) is 2.67. The van der Waals surface area contributed by atoms with Gasteiger partial charge < -0.3 is 0 Å². The highest BCUT2D eigenvalue weighted by molar-refractivity contribution is 5.63. The van der Waals surface area contributed by atoms with E-state index in [0.717, 1.165) is 13.8 Å². The van der Waals surface area contributed by atoms with Crippen molar-refractivity contribution in [2.75, 3.05) is 0 Å². The molecule has 0 rings (SSSR count). The van der Waals surface area contributed by atoms with Crippen molar-refractivity contribution in [3.05, 3.63) is 5.57 Å². The van der Waals surface area contributed by atoms with Crippen LogP contribution in [-0.2, 0) is 0 Å².